The van der Waals surface area contributed by atoms with Crippen LogP contribution < -0.4 is 56.5 Å². The van der Waals surface area contributed by atoms with Gasteiger partial charge in [0.15, 0.2) is 0 Å². The summed E-state index contributed by atoms with van der Waals surface area (Å²) in [5, 5.41) is 10.0. The molecule has 52 valence electrons. The molecule has 0 aromatic rings. The maximum atomic E-state index is 10.0. The third kappa shape index (κ3) is 4.08. The molecule has 0 heterocycles. The van der Waals surface area contributed by atoms with E-state index in [1.807, 2.05) is 0 Å². The summed E-state index contributed by atoms with van der Waals surface area (Å²) in [5.74, 6) is -0.461. The largest absolute Gasteiger partial charge is 1.00 e. The minimum atomic E-state index is -0.887. The second-order valence-corrected chi connectivity index (χ2v) is 2.73. The zero-order chi connectivity index (χ0) is 6.69. The Morgan fingerprint density at radius 3 is 2.30 bits per heavy atom. The molecule has 1 saturated carbocycles. The van der Waals surface area contributed by atoms with Gasteiger partial charge in [0.2, 0.25) is 0 Å². The zero-order valence-corrected chi connectivity index (χ0v) is 9.55. The molecule has 1 fully saturated rings. The minimum absolute atomic E-state index is 0. The van der Waals surface area contributed by atoms with Crippen molar-refractivity contribution < 1.29 is 61.3 Å². The molecular formula is C7H11KO2. The molecular weight excluding hydrogens is 155 g/mol. The predicted octanol–water partition coefficient (Wildman–Crippen LogP) is -2.68. The number of aliphatic carboxylic acids is 1. The van der Waals surface area contributed by atoms with Crippen LogP contribution in [0.5, 0.6) is 0 Å². The Morgan fingerprint density at radius 1 is 1.40 bits per heavy atom. The van der Waals surface area contributed by atoms with Crippen molar-refractivity contribution in [2.45, 2.75) is 32.1 Å². The van der Waals surface area contributed by atoms with Crippen molar-refractivity contribution in [2.24, 2.45) is 5.92 Å². The summed E-state index contributed by atoms with van der Waals surface area (Å²) in [6, 6.07) is 0. The number of carboxylic acids is 1. The number of hydrogen-bond acceptors (Lipinski definition) is 2. The quantitative estimate of drug-likeness (QED) is 0.419. The van der Waals surface area contributed by atoms with Crippen molar-refractivity contribution in [3.63, 3.8) is 0 Å². The Kier molecular flexibility index (Phi) is 6.35. The van der Waals surface area contributed by atoms with Gasteiger partial charge in [-0.2, -0.15) is 0 Å². The molecule has 3 heteroatoms. The van der Waals surface area contributed by atoms with E-state index in [0.717, 1.165) is 12.8 Å². The van der Waals surface area contributed by atoms with E-state index in [-0.39, 0.29) is 57.8 Å². The summed E-state index contributed by atoms with van der Waals surface area (Å²) < 4.78 is 0. The Morgan fingerprint density at radius 2 is 1.90 bits per heavy atom. The zero-order valence-electron chi connectivity index (χ0n) is 6.43. The molecule has 2 nitrogen and oxygen atoms in total. The van der Waals surface area contributed by atoms with Gasteiger partial charge in [0.05, 0.1) is 0 Å². The average Bonchev–Trinajstić information content (AvgIpc) is 2.15. The summed E-state index contributed by atoms with van der Waals surface area (Å²) in [6.45, 7) is 0. The van der Waals surface area contributed by atoms with Gasteiger partial charge < -0.3 is 9.90 Å². The van der Waals surface area contributed by atoms with Crippen molar-refractivity contribution >= 4 is 5.97 Å². The van der Waals surface area contributed by atoms with Crippen LogP contribution in [0.2, 0.25) is 0 Å². The van der Waals surface area contributed by atoms with Gasteiger partial charge in [0, 0.05) is 5.97 Å². The number of carboxylic acid groups (broad SMARTS) is 1. The number of rotatable bonds is 2. The first-order valence-electron chi connectivity index (χ1n) is 3.49. The van der Waals surface area contributed by atoms with Crippen molar-refractivity contribution in [3.8, 4) is 0 Å². The van der Waals surface area contributed by atoms with E-state index in [1.54, 1.807) is 0 Å². The Hall–Kier alpha value is 1.11. The topological polar surface area (TPSA) is 40.1 Å². The van der Waals surface area contributed by atoms with Crippen molar-refractivity contribution in [3.05, 3.63) is 0 Å². The fourth-order valence-corrected chi connectivity index (χ4v) is 1.45. The van der Waals surface area contributed by atoms with E-state index in [2.05, 4.69) is 0 Å². The van der Waals surface area contributed by atoms with Crippen LogP contribution in [-0.2, 0) is 4.79 Å². The first kappa shape index (κ1) is 11.1. The molecule has 0 aliphatic heterocycles. The van der Waals surface area contributed by atoms with E-state index in [9.17, 15) is 9.90 Å². The number of carbonyl (C=O) groups is 1. The van der Waals surface area contributed by atoms with Gasteiger partial charge in [-0.3, -0.25) is 0 Å². The molecule has 0 unspecified atom stereocenters. The SMILES string of the molecule is O=C([O-])CC1CCCC1.[K+]. The molecule has 1 aliphatic carbocycles. The monoisotopic (exact) mass is 166 g/mol. The molecule has 1 aliphatic rings. The maximum absolute atomic E-state index is 10.0. The molecule has 0 atom stereocenters. The van der Waals surface area contributed by atoms with Gasteiger partial charge in [0.1, 0.15) is 0 Å². The van der Waals surface area contributed by atoms with Crippen molar-refractivity contribution in [1.82, 2.24) is 0 Å². The number of hydrogen-bond donors (Lipinski definition) is 0. The molecule has 0 aromatic heterocycles. The van der Waals surface area contributed by atoms with E-state index >= 15 is 0 Å². The summed E-state index contributed by atoms with van der Waals surface area (Å²) in [7, 11) is 0. The van der Waals surface area contributed by atoms with E-state index < -0.39 is 5.97 Å². The third-order valence-corrected chi connectivity index (χ3v) is 1.93. The van der Waals surface area contributed by atoms with Crippen LogP contribution in [0.1, 0.15) is 32.1 Å². The normalized spacial score (nSPS) is 18.4. The smallest absolute Gasteiger partial charge is 0.550 e. The summed E-state index contributed by atoms with van der Waals surface area (Å²) >= 11 is 0. The van der Waals surface area contributed by atoms with Crippen LogP contribution in [0.3, 0.4) is 0 Å². The van der Waals surface area contributed by atoms with Gasteiger partial charge in [-0.15, -0.1) is 0 Å². The Labute approximate surface area is 104 Å². The minimum Gasteiger partial charge on any atom is -0.550 e. The third-order valence-electron chi connectivity index (χ3n) is 1.93. The van der Waals surface area contributed by atoms with Crippen LogP contribution in [0.4, 0.5) is 0 Å². The summed E-state index contributed by atoms with van der Waals surface area (Å²) in [4.78, 5) is 10.0. The fraction of sp³-hybridized carbons (Fsp3) is 0.857. The molecule has 0 N–H and O–H groups in total. The van der Waals surface area contributed by atoms with Gasteiger partial charge >= 0.3 is 51.4 Å². The molecule has 0 spiro atoms. The van der Waals surface area contributed by atoms with Crippen LogP contribution in [-0.4, -0.2) is 5.97 Å². The van der Waals surface area contributed by atoms with Gasteiger partial charge in [-0.1, -0.05) is 25.7 Å². The molecule has 1 rings (SSSR count). The van der Waals surface area contributed by atoms with Crippen LogP contribution in [0, 0.1) is 5.92 Å². The predicted molar refractivity (Wildman–Crippen MR) is 31.6 cm³/mol. The standard InChI is InChI=1S/C7H12O2.K/c8-7(9)5-6-3-1-2-4-6;/h6H,1-5H2,(H,8,9);/q;+1/p-1. The van der Waals surface area contributed by atoms with Crippen molar-refractivity contribution in [1.29, 1.82) is 0 Å². The molecule has 10 heavy (non-hydrogen) atoms. The number of carbonyl (C=O) groups excluding carboxylic acids is 1. The summed E-state index contributed by atoms with van der Waals surface area (Å²) in [5.41, 5.74) is 0. The average molecular weight is 166 g/mol. The molecule has 0 amide bonds. The fourth-order valence-electron chi connectivity index (χ4n) is 1.45. The van der Waals surface area contributed by atoms with E-state index in [1.165, 1.54) is 12.8 Å². The molecule has 0 saturated heterocycles. The van der Waals surface area contributed by atoms with Gasteiger partial charge in [-0.05, 0) is 12.3 Å². The van der Waals surface area contributed by atoms with Crippen LogP contribution in [0.25, 0.3) is 0 Å². The van der Waals surface area contributed by atoms with Gasteiger partial charge in [0.25, 0.3) is 0 Å². The molecule has 0 aromatic carbocycles. The van der Waals surface area contributed by atoms with Crippen molar-refractivity contribution in [2.75, 3.05) is 0 Å². The van der Waals surface area contributed by atoms with Crippen LogP contribution in [0.15, 0.2) is 0 Å². The summed E-state index contributed by atoms with van der Waals surface area (Å²) in [6.07, 6.45) is 4.87. The van der Waals surface area contributed by atoms with E-state index in [4.69, 9.17) is 0 Å². The first-order chi connectivity index (χ1) is 4.29. The molecule has 0 radical (unpaired) electrons. The van der Waals surface area contributed by atoms with E-state index in [0.29, 0.717) is 5.92 Å². The van der Waals surface area contributed by atoms with Crippen LogP contribution >= 0.6 is 0 Å². The Balaban J connectivity index is 0.000000810. The maximum Gasteiger partial charge on any atom is 1.00 e. The Bertz CT molecular complexity index is 108. The first-order valence-corrected chi connectivity index (χ1v) is 3.49. The second kappa shape index (κ2) is 5.72. The van der Waals surface area contributed by atoms with Gasteiger partial charge in [-0.25, -0.2) is 0 Å². The molecule has 0 bridgehead atoms. The second-order valence-electron chi connectivity index (χ2n) is 2.73.